The van der Waals surface area contributed by atoms with Crippen LogP contribution in [0.4, 0.5) is 11.4 Å². The Bertz CT molecular complexity index is 1010. The molecule has 0 unspecified atom stereocenters. The fourth-order valence-electron chi connectivity index (χ4n) is 2.69. The number of hydrogen-bond donors (Lipinski definition) is 1. The Kier molecular flexibility index (Phi) is 6.32. The summed E-state index contributed by atoms with van der Waals surface area (Å²) in [5, 5.41) is 12.5. The number of nitriles is 1. The van der Waals surface area contributed by atoms with Gasteiger partial charge in [-0.15, -0.1) is 0 Å². The second-order valence-corrected chi connectivity index (χ2v) is 6.86. The van der Waals surface area contributed by atoms with Crippen molar-refractivity contribution in [3.05, 3.63) is 70.8 Å². The van der Waals surface area contributed by atoms with Crippen molar-refractivity contribution >= 4 is 40.9 Å². The fourth-order valence-corrected chi connectivity index (χ4v) is 3.70. The third kappa shape index (κ3) is 4.47. The predicted molar refractivity (Wildman–Crippen MR) is 110 cm³/mol. The molecule has 1 saturated heterocycles. The minimum atomic E-state index is -0.630. The van der Waals surface area contributed by atoms with Crippen LogP contribution in [-0.4, -0.2) is 30.1 Å². The van der Waals surface area contributed by atoms with Crippen molar-refractivity contribution in [3.63, 3.8) is 0 Å². The number of ether oxygens (including phenoxy) is 1. The molecular weight excluding hydrogens is 390 g/mol. The molecule has 29 heavy (non-hydrogen) atoms. The van der Waals surface area contributed by atoms with E-state index >= 15 is 0 Å². The molecular formula is C21H17N3O4S. The van der Waals surface area contributed by atoms with Crippen LogP contribution in [0.25, 0.3) is 0 Å². The first-order valence-corrected chi connectivity index (χ1v) is 9.77. The molecule has 2 aromatic carbocycles. The summed E-state index contributed by atoms with van der Waals surface area (Å²) in [7, 11) is 0. The molecule has 2 aromatic rings. The number of nitrogens with one attached hydrogen (secondary N) is 1. The molecule has 0 saturated carbocycles. The van der Waals surface area contributed by atoms with Gasteiger partial charge in [-0.25, -0.2) is 4.79 Å². The highest BCUT2D eigenvalue weighted by molar-refractivity contribution is 8.04. The second kappa shape index (κ2) is 9.08. The Morgan fingerprint density at radius 3 is 2.48 bits per heavy atom. The zero-order valence-electron chi connectivity index (χ0n) is 15.5. The lowest BCUT2D eigenvalue weighted by atomic mass is 10.2. The van der Waals surface area contributed by atoms with Crippen molar-refractivity contribution in [2.24, 2.45) is 0 Å². The Morgan fingerprint density at radius 1 is 1.17 bits per heavy atom. The van der Waals surface area contributed by atoms with Gasteiger partial charge in [-0.2, -0.15) is 5.26 Å². The number of anilines is 2. The summed E-state index contributed by atoms with van der Waals surface area (Å²) in [6.07, 6.45) is 0. The molecule has 1 aliphatic rings. The van der Waals surface area contributed by atoms with Crippen LogP contribution in [0, 0.1) is 11.3 Å². The quantitative estimate of drug-likeness (QED) is 0.464. The summed E-state index contributed by atoms with van der Waals surface area (Å²) in [5.74, 6) is -1.13. The summed E-state index contributed by atoms with van der Waals surface area (Å²) in [6.45, 7) is 1.98. The summed E-state index contributed by atoms with van der Waals surface area (Å²) in [4.78, 5) is 38.1. The van der Waals surface area contributed by atoms with Crippen LogP contribution in [0.1, 0.15) is 17.3 Å². The molecule has 1 heterocycles. The average molecular weight is 407 g/mol. The number of carbonyl (C=O) groups excluding carboxylic acids is 3. The van der Waals surface area contributed by atoms with Gasteiger partial charge in [0.1, 0.15) is 16.7 Å². The molecule has 1 fully saturated rings. The lowest BCUT2D eigenvalue weighted by Gasteiger charge is -2.18. The number of nitrogens with zero attached hydrogens (tertiary/aromatic N) is 2. The summed E-state index contributed by atoms with van der Waals surface area (Å²) >= 11 is 1.15. The molecule has 0 spiro atoms. The van der Waals surface area contributed by atoms with E-state index in [1.165, 1.54) is 17.0 Å². The van der Waals surface area contributed by atoms with Gasteiger partial charge in [0.25, 0.3) is 5.91 Å². The summed E-state index contributed by atoms with van der Waals surface area (Å²) in [5.41, 5.74) is 1.21. The molecule has 0 aromatic heterocycles. The number of para-hydroxylation sites is 1. The molecule has 1 N–H and O–H groups in total. The van der Waals surface area contributed by atoms with Crippen molar-refractivity contribution < 1.29 is 19.1 Å². The second-order valence-electron chi connectivity index (χ2n) is 5.90. The standard InChI is InChI=1S/C21H17N3O4S/c1-2-28-21(27)14-8-10-15(11-9-14)23-19(26)17(12-22)20-24(18(25)13-29-20)16-6-4-3-5-7-16/h3-11H,2,13H2,1H3,(H,23,26)/b20-17+. The molecule has 1 aliphatic heterocycles. The van der Waals surface area contributed by atoms with E-state index in [0.717, 1.165) is 11.8 Å². The molecule has 0 radical (unpaired) electrons. The van der Waals surface area contributed by atoms with Gasteiger partial charge >= 0.3 is 5.97 Å². The molecule has 2 amide bonds. The molecule has 3 rings (SSSR count). The van der Waals surface area contributed by atoms with Gasteiger partial charge in [-0.3, -0.25) is 14.5 Å². The highest BCUT2D eigenvalue weighted by Crippen LogP contribution is 2.36. The normalized spacial score (nSPS) is 14.9. The third-order valence-corrected chi connectivity index (χ3v) is 5.06. The van der Waals surface area contributed by atoms with Crippen molar-refractivity contribution in [3.8, 4) is 6.07 Å². The van der Waals surface area contributed by atoms with Gasteiger partial charge in [0.2, 0.25) is 5.91 Å². The maximum atomic E-state index is 12.7. The highest BCUT2D eigenvalue weighted by atomic mass is 32.2. The minimum Gasteiger partial charge on any atom is -0.462 e. The maximum absolute atomic E-state index is 12.7. The van der Waals surface area contributed by atoms with E-state index in [4.69, 9.17) is 4.74 Å². The predicted octanol–water partition coefficient (Wildman–Crippen LogP) is 3.32. The number of hydrogen-bond acceptors (Lipinski definition) is 6. The molecule has 0 atom stereocenters. The van der Waals surface area contributed by atoms with E-state index in [9.17, 15) is 19.6 Å². The first-order valence-electron chi connectivity index (χ1n) is 8.79. The molecule has 0 aliphatic carbocycles. The lowest BCUT2D eigenvalue weighted by molar-refractivity contribution is -0.115. The van der Waals surface area contributed by atoms with Crippen LogP contribution < -0.4 is 10.2 Å². The van der Waals surface area contributed by atoms with Gasteiger partial charge in [-0.05, 0) is 43.3 Å². The van der Waals surface area contributed by atoms with Crippen LogP contribution in [0.3, 0.4) is 0 Å². The smallest absolute Gasteiger partial charge is 0.338 e. The van der Waals surface area contributed by atoms with E-state index in [-0.39, 0.29) is 23.8 Å². The minimum absolute atomic E-state index is 0.150. The van der Waals surface area contributed by atoms with Crippen LogP contribution in [0.5, 0.6) is 0 Å². The van der Waals surface area contributed by atoms with E-state index in [2.05, 4.69) is 5.32 Å². The van der Waals surface area contributed by atoms with Crippen molar-refractivity contribution in [2.45, 2.75) is 6.92 Å². The number of esters is 1. The highest BCUT2D eigenvalue weighted by Gasteiger charge is 2.33. The van der Waals surface area contributed by atoms with Gasteiger partial charge < -0.3 is 10.1 Å². The topological polar surface area (TPSA) is 99.5 Å². The van der Waals surface area contributed by atoms with E-state index in [1.807, 2.05) is 12.1 Å². The van der Waals surface area contributed by atoms with E-state index in [0.29, 0.717) is 22.0 Å². The zero-order chi connectivity index (χ0) is 20.8. The van der Waals surface area contributed by atoms with Crippen molar-refractivity contribution in [1.82, 2.24) is 0 Å². The van der Waals surface area contributed by atoms with Gasteiger partial charge in [0, 0.05) is 11.4 Å². The number of carbonyl (C=O) groups is 3. The molecule has 146 valence electrons. The van der Waals surface area contributed by atoms with Crippen LogP contribution in [0.2, 0.25) is 0 Å². The Labute approximate surface area is 172 Å². The SMILES string of the molecule is CCOC(=O)c1ccc(NC(=O)/C(C#N)=C2/SCC(=O)N2c2ccccc2)cc1. The van der Waals surface area contributed by atoms with Gasteiger partial charge in [-0.1, -0.05) is 30.0 Å². The molecule has 0 bridgehead atoms. The van der Waals surface area contributed by atoms with Crippen LogP contribution in [0.15, 0.2) is 65.2 Å². The first-order chi connectivity index (χ1) is 14.0. The molecule has 7 nitrogen and oxygen atoms in total. The monoisotopic (exact) mass is 407 g/mol. The van der Waals surface area contributed by atoms with Crippen molar-refractivity contribution in [1.29, 1.82) is 5.26 Å². The largest absolute Gasteiger partial charge is 0.462 e. The summed E-state index contributed by atoms with van der Waals surface area (Å²) in [6, 6.07) is 16.9. The lowest BCUT2D eigenvalue weighted by Crippen LogP contribution is -2.26. The van der Waals surface area contributed by atoms with E-state index in [1.54, 1.807) is 43.3 Å². The number of rotatable bonds is 5. The maximum Gasteiger partial charge on any atom is 0.338 e. The average Bonchev–Trinajstić information content (AvgIpc) is 3.11. The Hall–Kier alpha value is -3.57. The van der Waals surface area contributed by atoms with E-state index < -0.39 is 11.9 Å². The van der Waals surface area contributed by atoms with Crippen LogP contribution in [-0.2, 0) is 14.3 Å². The first kappa shape index (κ1) is 20.2. The number of thioether (sulfide) groups is 1. The third-order valence-electron chi connectivity index (χ3n) is 4.01. The van der Waals surface area contributed by atoms with Gasteiger partial charge in [0.05, 0.1) is 17.9 Å². The Morgan fingerprint density at radius 2 is 1.86 bits per heavy atom. The van der Waals surface area contributed by atoms with Gasteiger partial charge in [0.15, 0.2) is 0 Å². The molecule has 8 heteroatoms. The number of amides is 2. The summed E-state index contributed by atoms with van der Waals surface area (Å²) < 4.78 is 4.92. The number of benzene rings is 2. The Balaban J connectivity index is 1.84. The van der Waals surface area contributed by atoms with Crippen molar-refractivity contribution in [2.75, 3.05) is 22.6 Å². The van der Waals surface area contributed by atoms with Crippen LogP contribution >= 0.6 is 11.8 Å². The fraction of sp³-hybridized carbons (Fsp3) is 0.143. The zero-order valence-corrected chi connectivity index (χ0v) is 16.4.